The van der Waals surface area contributed by atoms with Crippen LogP contribution in [0, 0.1) is 5.82 Å². The SMILES string of the molecule is CC1(C)CSC(Nc2cccc(Cl)c2F)=N1. The first kappa shape index (κ1) is 11.7. The summed E-state index contributed by atoms with van der Waals surface area (Å²) >= 11 is 7.28. The molecule has 2 rings (SSSR count). The molecule has 1 heterocycles. The summed E-state index contributed by atoms with van der Waals surface area (Å²) in [5, 5.41) is 3.82. The summed E-state index contributed by atoms with van der Waals surface area (Å²) in [7, 11) is 0. The number of aliphatic imine (C=N–C) groups is 1. The van der Waals surface area contributed by atoms with E-state index in [1.807, 2.05) is 13.8 Å². The number of amidine groups is 1. The summed E-state index contributed by atoms with van der Waals surface area (Å²) in [6.07, 6.45) is 0. The molecule has 0 unspecified atom stereocenters. The van der Waals surface area contributed by atoms with Crippen molar-refractivity contribution in [3.8, 4) is 0 Å². The highest BCUT2D eigenvalue weighted by molar-refractivity contribution is 8.14. The van der Waals surface area contributed by atoms with Crippen LogP contribution in [0.2, 0.25) is 5.02 Å². The molecule has 0 saturated carbocycles. The van der Waals surface area contributed by atoms with Gasteiger partial charge in [0.15, 0.2) is 11.0 Å². The molecule has 0 aromatic heterocycles. The summed E-state index contributed by atoms with van der Waals surface area (Å²) < 4.78 is 13.6. The van der Waals surface area contributed by atoms with Gasteiger partial charge in [-0.15, -0.1) is 0 Å². The van der Waals surface area contributed by atoms with E-state index < -0.39 is 5.82 Å². The van der Waals surface area contributed by atoms with Gasteiger partial charge in [-0.3, -0.25) is 4.99 Å². The first-order chi connectivity index (χ1) is 7.48. The molecule has 0 atom stereocenters. The van der Waals surface area contributed by atoms with Crippen LogP contribution in [-0.4, -0.2) is 16.5 Å². The Kier molecular flexibility index (Phi) is 3.13. The highest BCUT2D eigenvalue weighted by Gasteiger charge is 2.25. The minimum Gasteiger partial charge on any atom is -0.333 e. The number of nitrogens with zero attached hydrogens (tertiary/aromatic N) is 1. The zero-order valence-electron chi connectivity index (χ0n) is 9.05. The number of halogens is 2. The average Bonchev–Trinajstić information content (AvgIpc) is 2.53. The molecule has 86 valence electrons. The van der Waals surface area contributed by atoms with Gasteiger partial charge in [0.2, 0.25) is 0 Å². The van der Waals surface area contributed by atoms with Crippen LogP contribution in [0.4, 0.5) is 10.1 Å². The van der Waals surface area contributed by atoms with Crippen molar-refractivity contribution in [1.29, 1.82) is 0 Å². The Morgan fingerprint density at radius 3 is 2.88 bits per heavy atom. The number of hydrogen-bond donors (Lipinski definition) is 1. The summed E-state index contributed by atoms with van der Waals surface area (Å²) in [6, 6.07) is 4.88. The van der Waals surface area contributed by atoms with E-state index in [4.69, 9.17) is 11.6 Å². The van der Waals surface area contributed by atoms with Gasteiger partial charge in [0.05, 0.1) is 16.2 Å². The molecule has 0 saturated heterocycles. The monoisotopic (exact) mass is 258 g/mol. The molecule has 0 fully saturated rings. The molecule has 0 radical (unpaired) electrons. The first-order valence-electron chi connectivity index (χ1n) is 4.92. The van der Waals surface area contributed by atoms with Gasteiger partial charge >= 0.3 is 0 Å². The number of rotatable bonds is 1. The molecule has 0 amide bonds. The van der Waals surface area contributed by atoms with E-state index in [0.29, 0.717) is 5.69 Å². The minimum atomic E-state index is -0.433. The van der Waals surface area contributed by atoms with Crippen molar-refractivity contribution in [2.45, 2.75) is 19.4 Å². The third-order valence-corrected chi connectivity index (χ3v) is 3.77. The van der Waals surface area contributed by atoms with Crippen molar-refractivity contribution in [2.24, 2.45) is 4.99 Å². The standard InChI is InChI=1S/C11H12ClFN2S/c1-11(2)6-16-10(15-11)14-8-5-3-4-7(12)9(8)13/h3-5H,6H2,1-2H3,(H,14,15). The first-order valence-corrected chi connectivity index (χ1v) is 6.28. The fourth-order valence-corrected chi connectivity index (χ4v) is 2.59. The maximum atomic E-state index is 13.6. The van der Waals surface area contributed by atoms with Crippen LogP contribution < -0.4 is 5.32 Å². The Bertz CT molecular complexity index is 446. The number of hydrogen-bond acceptors (Lipinski definition) is 3. The Labute approximate surface area is 103 Å². The maximum absolute atomic E-state index is 13.6. The molecular weight excluding hydrogens is 247 g/mol. The molecule has 1 aromatic carbocycles. The van der Waals surface area contributed by atoms with Gasteiger partial charge in [-0.2, -0.15) is 0 Å². The van der Waals surface area contributed by atoms with E-state index in [0.717, 1.165) is 10.9 Å². The molecule has 2 nitrogen and oxygen atoms in total. The van der Waals surface area contributed by atoms with E-state index in [-0.39, 0.29) is 10.6 Å². The van der Waals surface area contributed by atoms with Crippen LogP contribution in [0.15, 0.2) is 23.2 Å². The number of anilines is 1. The van der Waals surface area contributed by atoms with E-state index in [9.17, 15) is 4.39 Å². The van der Waals surface area contributed by atoms with Gasteiger partial charge in [0.1, 0.15) is 0 Å². The molecule has 0 spiro atoms. The lowest BCUT2D eigenvalue weighted by Crippen LogP contribution is -2.15. The largest absolute Gasteiger partial charge is 0.333 e. The predicted octanol–water partition coefficient (Wildman–Crippen LogP) is 3.77. The third-order valence-electron chi connectivity index (χ3n) is 2.16. The summed E-state index contributed by atoms with van der Waals surface area (Å²) in [5.41, 5.74) is 0.290. The van der Waals surface area contributed by atoms with Crippen molar-refractivity contribution in [2.75, 3.05) is 11.1 Å². The van der Waals surface area contributed by atoms with Gasteiger partial charge in [-0.1, -0.05) is 29.4 Å². The van der Waals surface area contributed by atoms with Gasteiger partial charge in [0.25, 0.3) is 0 Å². The molecular formula is C11H12ClFN2S. The van der Waals surface area contributed by atoms with Gasteiger partial charge in [-0.05, 0) is 26.0 Å². The molecule has 1 N–H and O–H groups in total. The Morgan fingerprint density at radius 1 is 1.50 bits per heavy atom. The fraction of sp³-hybridized carbons (Fsp3) is 0.364. The van der Waals surface area contributed by atoms with Crippen LogP contribution in [0.5, 0.6) is 0 Å². The average molecular weight is 259 g/mol. The number of thioether (sulfide) groups is 1. The summed E-state index contributed by atoms with van der Waals surface area (Å²) in [6.45, 7) is 4.09. The third kappa shape index (κ3) is 2.50. The number of nitrogens with one attached hydrogen (secondary N) is 1. The molecule has 0 bridgehead atoms. The van der Waals surface area contributed by atoms with E-state index >= 15 is 0 Å². The van der Waals surface area contributed by atoms with Crippen LogP contribution in [0.1, 0.15) is 13.8 Å². The van der Waals surface area contributed by atoms with Crippen molar-refractivity contribution < 1.29 is 4.39 Å². The quantitative estimate of drug-likeness (QED) is 0.829. The summed E-state index contributed by atoms with van der Waals surface area (Å²) in [5.74, 6) is 0.467. The van der Waals surface area contributed by atoms with Crippen molar-refractivity contribution >= 4 is 34.2 Å². The Morgan fingerprint density at radius 2 is 2.25 bits per heavy atom. The molecule has 16 heavy (non-hydrogen) atoms. The fourth-order valence-electron chi connectivity index (χ4n) is 1.36. The zero-order valence-corrected chi connectivity index (χ0v) is 10.6. The van der Waals surface area contributed by atoms with E-state index in [1.165, 1.54) is 6.07 Å². The van der Waals surface area contributed by atoms with Crippen LogP contribution >= 0.6 is 23.4 Å². The lowest BCUT2D eigenvalue weighted by atomic mass is 10.1. The summed E-state index contributed by atoms with van der Waals surface area (Å²) in [4.78, 5) is 4.45. The Hall–Kier alpha value is -0.740. The highest BCUT2D eigenvalue weighted by atomic mass is 35.5. The smallest absolute Gasteiger partial charge is 0.165 e. The lowest BCUT2D eigenvalue weighted by Gasteiger charge is -2.09. The second kappa shape index (κ2) is 4.26. The van der Waals surface area contributed by atoms with Crippen LogP contribution in [0.25, 0.3) is 0 Å². The van der Waals surface area contributed by atoms with Gasteiger partial charge in [0, 0.05) is 5.75 Å². The van der Waals surface area contributed by atoms with E-state index in [1.54, 1.807) is 23.9 Å². The second-order valence-electron chi connectivity index (χ2n) is 4.24. The Balaban J connectivity index is 2.20. The molecule has 1 aliphatic rings. The van der Waals surface area contributed by atoms with Gasteiger partial charge in [-0.25, -0.2) is 4.39 Å². The van der Waals surface area contributed by atoms with Crippen molar-refractivity contribution in [1.82, 2.24) is 0 Å². The van der Waals surface area contributed by atoms with Crippen molar-refractivity contribution in [3.63, 3.8) is 0 Å². The van der Waals surface area contributed by atoms with Crippen molar-refractivity contribution in [3.05, 3.63) is 29.0 Å². The highest BCUT2D eigenvalue weighted by Crippen LogP contribution is 2.29. The van der Waals surface area contributed by atoms with Crippen LogP contribution in [0.3, 0.4) is 0 Å². The maximum Gasteiger partial charge on any atom is 0.165 e. The lowest BCUT2D eigenvalue weighted by molar-refractivity contribution is 0.604. The molecule has 0 aliphatic carbocycles. The number of benzene rings is 1. The molecule has 1 aromatic rings. The second-order valence-corrected chi connectivity index (χ2v) is 5.62. The molecule has 1 aliphatic heterocycles. The normalized spacial score (nSPS) is 18.4. The molecule has 5 heteroatoms. The van der Waals surface area contributed by atoms with Crippen LogP contribution in [-0.2, 0) is 0 Å². The zero-order chi connectivity index (χ0) is 11.8. The van der Waals surface area contributed by atoms with Gasteiger partial charge < -0.3 is 5.32 Å². The van der Waals surface area contributed by atoms with E-state index in [2.05, 4.69) is 10.3 Å². The minimum absolute atomic E-state index is 0.0813. The topological polar surface area (TPSA) is 24.4 Å². The predicted molar refractivity (Wildman–Crippen MR) is 69.0 cm³/mol.